The number of anilines is 1. The molecule has 2 rings (SSSR count). The maximum atomic E-state index is 11.9. The van der Waals surface area contributed by atoms with Crippen LogP contribution < -0.4 is 10.1 Å². The Labute approximate surface area is 143 Å². The monoisotopic (exact) mass is 353 g/mol. The van der Waals surface area contributed by atoms with Crippen molar-refractivity contribution in [2.24, 2.45) is 0 Å². The zero-order chi connectivity index (χ0) is 16.8. The highest BCUT2D eigenvalue weighted by Crippen LogP contribution is 2.32. The molecule has 2 aromatic carbocycles. The quantitative estimate of drug-likeness (QED) is 0.830. The van der Waals surface area contributed by atoms with Gasteiger partial charge in [0.1, 0.15) is 0 Å². The van der Waals surface area contributed by atoms with E-state index in [2.05, 4.69) is 10.1 Å². The first kappa shape index (κ1) is 17.1. The number of hydrogen-bond acceptors (Lipinski definition) is 4. The van der Waals surface area contributed by atoms with E-state index in [-0.39, 0.29) is 12.4 Å². The van der Waals surface area contributed by atoms with E-state index in [1.807, 2.05) is 0 Å². The standard InChI is InChI=1S/C16H13Cl2NO4/c1-22-16(21)10-4-2-5-11(8-10)19-14(20)9-23-15-12(17)6-3-7-13(15)18/h2-8H,9H2,1H3,(H,19,20). The van der Waals surface area contributed by atoms with Crippen LogP contribution in [0.25, 0.3) is 0 Å². The molecule has 1 N–H and O–H groups in total. The van der Waals surface area contributed by atoms with Crippen LogP contribution in [0.2, 0.25) is 10.0 Å². The molecule has 0 saturated carbocycles. The van der Waals surface area contributed by atoms with Crippen LogP contribution in [0.15, 0.2) is 42.5 Å². The van der Waals surface area contributed by atoms with Gasteiger partial charge in [-0.2, -0.15) is 0 Å². The predicted octanol–water partition coefficient (Wildman–Crippen LogP) is 3.80. The first-order valence-corrected chi connectivity index (χ1v) is 7.32. The second-order valence-electron chi connectivity index (χ2n) is 4.46. The second kappa shape index (κ2) is 7.85. The molecule has 120 valence electrons. The largest absolute Gasteiger partial charge is 0.481 e. The zero-order valence-electron chi connectivity index (χ0n) is 12.1. The fraction of sp³-hybridized carbons (Fsp3) is 0.125. The second-order valence-corrected chi connectivity index (χ2v) is 5.27. The topological polar surface area (TPSA) is 64.6 Å². The summed E-state index contributed by atoms with van der Waals surface area (Å²) in [6.45, 7) is -0.272. The molecule has 0 fully saturated rings. The molecule has 0 heterocycles. The third kappa shape index (κ3) is 4.61. The van der Waals surface area contributed by atoms with E-state index in [9.17, 15) is 9.59 Å². The molecule has 7 heteroatoms. The lowest BCUT2D eigenvalue weighted by Gasteiger charge is -2.10. The van der Waals surface area contributed by atoms with Crippen LogP contribution in [0.4, 0.5) is 5.69 Å². The number of carbonyl (C=O) groups is 2. The Kier molecular flexibility index (Phi) is 5.84. The number of para-hydroxylation sites is 1. The van der Waals surface area contributed by atoms with Gasteiger partial charge in [0.05, 0.1) is 22.7 Å². The van der Waals surface area contributed by atoms with Crippen molar-refractivity contribution in [2.45, 2.75) is 0 Å². The molecule has 0 spiro atoms. The van der Waals surface area contributed by atoms with E-state index in [0.29, 0.717) is 21.3 Å². The number of halogens is 2. The third-order valence-corrected chi connectivity index (χ3v) is 3.43. The molecule has 0 aliphatic rings. The number of rotatable bonds is 5. The van der Waals surface area contributed by atoms with Crippen molar-refractivity contribution in [3.63, 3.8) is 0 Å². The Hall–Kier alpha value is -2.24. The average Bonchev–Trinajstić information content (AvgIpc) is 2.54. The lowest BCUT2D eigenvalue weighted by Crippen LogP contribution is -2.20. The summed E-state index contributed by atoms with van der Waals surface area (Å²) < 4.78 is 9.96. The number of esters is 1. The predicted molar refractivity (Wildman–Crippen MR) is 88.4 cm³/mol. The van der Waals surface area contributed by atoms with Crippen molar-refractivity contribution in [3.8, 4) is 5.75 Å². The van der Waals surface area contributed by atoms with Crippen molar-refractivity contribution >= 4 is 40.8 Å². The van der Waals surface area contributed by atoms with Gasteiger partial charge >= 0.3 is 5.97 Å². The minimum atomic E-state index is -0.486. The molecular weight excluding hydrogens is 341 g/mol. The molecule has 23 heavy (non-hydrogen) atoms. The van der Waals surface area contributed by atoms with Crippen LogP contribution in [0.5, 0.6) is 5.75 Å². The highest BCUT2D eigenvalue weighted by atomic mass is 35.5. The SMILES string of the molecule is COC(=O)c1cccc(NC(=O)COc2c(Cl)cccc2Cl)c1. The van der Waals surface area contributed by atoms with Gasteiger partial charge in [0, 0.05) is 5.69 Å². The highest BCUT2D eigenvalue weighted by Gasteiger charge is 2.11. The Morgan fingerprint density at radius 2 is 1.74 bits per heavy atom. The Bertz CT molecular complexity index is 714. The Morgan fingerprint density at radius 1 is 1.09 bits per heavy atom. The molecule has 1 amide bonds. The van der Waals surface area contributed by atoms with E-state index >= 15 is 0 Å². The minimum absolute atomic E-state index is 0.245. The maximum absolute atomic E-state index is 11.9. The van der Waals surface area contributed by atoms with E-state index in [1.54, 1.807) is 36.4 Å². The van der Waals surface area contributed by atoms with Crippen LogP contribution in [-0.4, -0.2) is 25.6 Å². The third-order valence-electron chi connectivity index (χ3n) is 2.83. The number of benzene rings is 2. The van der Waals surface area contributed by atoms with Crippen molar-refractivity contribution < 1.29 is 19.1 Å². The summed E-state index contributed by atoms with van der Waals surface area (Å²) in [6.07, 6.45) is 0. The Balaban J connectivity index is 1.99. The summed E-state index contributed by atoms with van der Waals surface area (Å²) >= 11 is 11.9. The number of nitrogens with one attached hydrogen (secondary N) is 1. The first-order chi connectivity index (χ1) is 11.0. The van der Waals surface area contributed by atoms with E-state index in [1.165, 1.54) is 13.2 Å². The lowest BCUT2D eigenvalue weighted by molar-refractivity contribution is -0.118. The molecule has 0 atom stereocenters. The fourth-order valence-electron chi connectivity index (χ4n) is 1.80. The average molecular weight is 354 g/mol. The summed E-state index contributed by atoms with van der Waals surface area (Å²) in [5, 5.41) is 3.25. The van der Waals surface area contributed by atoms with Crippen molar-refractivity contribution in [1.82, 2.24) is 0 Å². The molecule has 5 nitrogen and oxygen atoms in total. The van der Waals surface area contributed by atoms with Gasteiger partial charge in [-0.25, -0.2) is 4.79 Å². The molecule has 0 aromatic heterocycles. The number of ether oxygens (including phenoxy) is 2. The number of methoxy groups -OCH3 is 1. The van der Waals surface area contributed by atoms with Crippen molar-refractivity contribution in [2.75, 3.05) is 19.0 Å². The lowest BCUT2D eigenvalue weighted by atomic mass is 10.2. The summed E-state index contributed by atoms with van der Waals surface area (Å²) in [4.78, 5) is 23.4. The molecule has 0 aliphatic carbocycles. The summed E-state index contributed by atoms with van der Waals surface area (Å²) in [7, 11) is 1.29. The van der Waals surface area contributed by atoms with Gasteiger partial charge in [-0.1, -0.05) is 35.3 Å². The van der Waals surface area contributed by atoms with Gasteiger partial charge in [-0.3, -0.25) is 4.79 Å². The maximum Gasteiger partial charge on any atom is 0.337 e. The highest BCUT2D eigenvalue weighted by molar-refractivity contribution is 6.37. The molecule has 0 unspecified atom stereocenters. The van der Waals surface area contributed by atoms with Gasteiger partial charge in [-0.05, 0) is 30.3 Å². The van der Waals surface area contributed by atoms with Crippen LogP contribution in [0.3, 0.4) is 0 Å². The van der Waals surface area contributed by atoms with E-state index in [0.717, 1.165) is 0 Å². The van der Waals surface area contributed by atoms with Crippen LogP contribution >= 0.6 is 23.2 Å². The molecule has 2 aromatic rings. The van der Waals surface area contributed by atoms with E-state index < -0.39 is 11.9 Å². The molecule has 0 bridgehead atoms. The summed E-state index contributed by atoms with van der Waals surface area (Å²) in [5.41, 5.74) is 0.784. The number of amides is 1. The Morgan fingerprint density at radius 3 is 2.39 bits per heavy atom. The normalized spacial score (nSPS) is 10.0. The van der Waals surface area contributed by atoms with Crippen LogP contribution in [0, 0.1) is 0 Å². The van der Waals surface area contributed by atoms with Gasteiger partial charge in [0.2, 0.25) is 0 Å². The van der Waals surface area contributed by atoms with Crippen LogP contribution in [-0.2, 0) is 9.53 Å². The molecular formula is C16H13Cl2NO4. The fourth-order valence-corrected chi connectivity index (χ4v) is 2.30. The van der Waals surface area contributed by atoms with Gasteiger partial charge in [0.25, 0.3) is 5.91 Å². The summed E-state index contributed by atoms with van der Waals surface area (Å²) in [5.74, 6) is -0.655. The van der Waals surface area contributed by atoms with Crippen molar-refractivity contribution in [3.05, 3.63) is 58.1 Å². The number of hydrogen-bond donors (Lipinski definition) is 1. The smallest absolute Gasteiger partial charge is 0.337 e. The minimum Gasteiger partial charge on any atom is -0.481 e. The van der Waals surface area contributed by atoms with Gasteiger partial charge < -0.3 is 14.8 Å². The molecule has 0 aliphatic heterocycles. The molecule has 0 radical (unpaired) electrons. The summed E-state index contributed by atoms with van der Waals surface area (Å²) in [6, 6.07) is 11.3. The van der Waals surface area contributed by atoms with Crippen LogP contribution in [0.1, 0.15) is 10.4 Å². The van der Waals surface area contributed by atoms with Gasteiger partial charge in [0.15, 0.2) is 12.4 Å². The zero-order valence-corrected chi connectivity index (χ0v) is 13.6. The number of carbonyl (C=O) groups excluding carboxylic acids is 2. The molecule has 0 saturated heterocycles. The first-order valence-electron chi connectivity index (χ1n) is 6.56. The van der Waals surface area contributed by atoms with E-state index in [4.69, 9.17) is 27.9 Å². The van der Waals surface area contributed by atoms with Crippen molar-refractivity contribution in [1.29, 1.82) is 0 Å². The van der Waals surface area contributed by atoms with Gasteiger partial charge in [-0.15, -0.1) is 0 Å².